The Hall–Kier alpha value is -2.97. The zero-order chi connectivity index (χ0) is 17.6. The molecule has 1 nitrogen and oxygen atoms in total. The van der Waals surface area contributed by atoms with Crippen molar-refractivity contribution in [3.63, 3.8) is 0 Å². The molecule has 4 aromatic carbocycles. The van der Waals surface area contributed by atoms with Crippen molar-refractivity contribution in [2.75, 3.05) is 0 Å². The highest BCUT2D eigenvalue weighted by molar-refractivity contribution is 7.99. The fraction of sp³-hybridized carbons (Fsp3) is 0. The molecule has 0 N–H and O–H groups in total. The average Bonchev–Trinajstić information content (AvgIpc) is 2.71. The summed E-state index contributed by atoms with van der Waals surface area (Å²) < 4.78 is 6.22. The Kier molecular flexibility index (Phi) is 5.04. The largest absolute Gasteiger partial charge is 0.456 e. The number of para-hydroxylation sites is 1. The molecule has 0 aliphatic heterocycles. The van der Waals surface area contributed by atoms with E-state index in [0.717, 1.165) is 16.4 Å². The van der Waals surface area contributed by atoms with Crippen LogP contribution in [-0.4, -0.2) is 0 Å². The average molecular weight is 354 g/mol. The fourth-order valence-electron chi connectivity index (χ4n) is 2.77. The van der Waals surface area contributed by atoms with E-state index in [9.17, 15) is 0 Å². The van der Waals surface area contributed by atoms with Gasteiger partial charge in [-0.15, -0.1) is 0 Å². The van der Waals surface area contributed by atoms with Crippen LogP contribution in [0.1, 0.15) is 0 Å². The molecule has 0 aliphatic carbocycles. The van der Waals surface area contributed by atoms with Gasteiger partial charge in [-0.25, -0.2) is 0 Å². The van der Waals surface area contributed by atoms with Gasteiger partial charge in [0.1, 0.15) is 11.5 Å². The van der Waals surface area contributed by atoms with Gasteiger partial charge < -0.3 is 4.74 Å². The topological polar surface area (TPSA) is 9.23 Å². The Morgan fingerprint density at radius 1 is 0.538 bits per heavy atom. The standard InChI is InChI=1S/C24H18OS/c1-4-11-19(12-5-1)22-17-10-18-23(25-20-13-6-2-7-14-20)24(22)26-21-15-8-3-9-16-21/h1-18H. The van der Waals surface area contributed by atoms with E-state index in [1.807, 2.05) is 48.5 Å². The SMILES string of the molecule is c1ccc(Oc2cccc(-c3ccccc3)c2Sc2ccccc2)cc1. The van der Waals surface area contributed by atoms with Crippen LogP contribution in [0.3, 0.4) is 0 Å². The minimum atomic E-state index is 0.840. The number of hydrogen-bond donors (Lipinski definition) is 0. The molecule has 4 rings (SSSR count). The molecular formula is C24H18OS. The van der Waals surface area contributed by atoms with Crippen LogP contribution in [0, 0.1) is 0 Å². The normalized spacial score (nSPS) is 10.5. The summed E-state index contributed by atoms with van der Waals surface area (Å²) in [6, 6.07) is 37.0. The Morgan fingerprint density at radius 2 is 1.15 bits per heavy atom. The summed E-state index contributed by atoms with van der Waals surface area (Å²) in [5.41, 5.74) is 2.36. The molecule has 0 saturated carbocycles. The molecule has 0 aromatic heterocycles. The van der Waals surface area contributed by atoms with Gasteiger partial charge in [0.25, 0.3) is 0 Å². The maximum absolute atomic E-state index is 6.22. The van der Waals surface area contributed by atoms with E-state index < -0.39 is 0 Å². The molecule has 0 unspecified atom stereocenters. The van der Waals surface area contributed by atoms with Crippen molar-refractivity contribution < 1.29 is 4.74 Å². The van der Waals surface area contributed by atoms with Crippen LogP contribution >= 0.6 is 11.8 Å². The van der Waals surface area contributed by atoms with Crippen molar-refractivity contribution in [2.45, 2.75) is 9.79 Å². The van der Waals surface area contributed by atoms with Crippen molar-refractivity contribution >= 4 is 11.8 Å². The molecule has 0 atom stereocenters. The Balaban J connectivity index is 1.80. The Bertz CT molecular complexity index is 967. The molecule has 2 heteroatoms. The lowest BCUT2D eigenvalue weighted by molar-refractivity contribution is 0.471. The lowest BCUT2D eigenvalue weighted by atomic mass is 10.1. The van der Waals surface area contributed by atoms with E-state index in [4.69, 9.17) is 4.74 Å². The lowest BCUT2D eigenvalue weighted by Gasteiger charge is -2.15. The van der Waals surface area contributed by atoms with Crippen LogP contribution in [0.25, 0.3) is 11.1 Å². The van der Waals surface area contributed by atoms with Crippen LogP contribution in [0.4, 0.5) is 0 Å². The molecule has 126 valence electrons. The highest BCUT2D eigenvalue weighted by Gasteiger charge is 2.13. The molecule has 0 saturated heterocycles. The number of benzene rings is 4. The predicted molar refractivity (Wildman–Crippen MR) is 109 cm³/mol. The first-order valence-electron chi connectivity index (χ1n) is 8.54. The Labute approximate surface area is 158 Å². The summed E-state index contributed by atoms with van der Waals surface area (Å²) in [7, 11) is 0. The maximum atomic E-state index is 6.22. The third-order valence-corrected chi connectivity index (χ3v) is 5.13. The quantitative estimate of drug-likeness (QED) is 0.372. The van der Waals surface area contributed by atoms with Crippen LogP contribution in [0.15, 0.2) is 119 Å². The summed E-state index contributed by atoms with van der Waals surface area (Å²) in [5.74, 6) is 1.71. The third kappa shape index (κ3) is 3.81. The molecule has 0 spiro atoms. The van der Waals surface area contributed by atoms with Gasteiger partial charge in [0, 0.05) is 4.90 Å². The number of hydrogen-bond acceptors (Lipinski definition) is 2. The predicted octanol–water partition coefficient (Wildman–Crippen LogP) is 7.30. The molecule has 0 bridgehead atoms. The van der Waals surface area contributed by atoms with Crippen LogP contribution in [0.5, 0.6) is 11.5 Å². The van der Waals surface area contributed by atoms with Crippen LogP contribution in [-0.2, 0) is 0 Å². The van der Waals surface area contributed by atoms with E-state index in [1.165, 1.54) is 16.0 Å². The second kappa shape index (κ2) is 7.94. The molecule has 0 fully saturated rings. The molecule has 4 aromatic rings. The molecule has 0 heterocycles. The van der Waals surface area contributed by atoms with E-state index >= 15 is 0 Å². The summed E-state index contributed by atoms with van der Waals surface area (Å²) in [6.07, 6.45) is 0. The van der Waals surface area contributed by atoms with Gasteiger partial charge in [0.15, 0.2) is 0 Å². The lowest BCUT2D eigenvalue weighted by Crippen LogP contribution is -1.90. The zero-order valence-corrected chi connectivity index (χ0v) is 15.0. The van der Waals surface area contributed by atoms with Crippen molar-refractivity contribution in [1.82, 2.24) is 0 Å². The summed E-state index contributed by atoms with van der Waals surface area (Å²) in [6.45, 7) is 0. The van der Waals surface area contributed by atoms with Crippen molar-refractivity contribution in [2.24, 2.45) is 0 Å². The summed E-state index contributed by atoms with van der Waals surface area (Å²) in [5, 5.41) is 0. The van der Waals surface area contributed by atoms with Crippen LogP contribution in [0.2, 0.25) is 0 Å². The zero-order valence-electron chi connectivity index (χ0n) is 14.2. The van der Waals surface area contributed by atoms with Gasteiger partial charge in [-0.1, -0.05) is 90.6 Å². The number of ether oxygens (including phenoxy) is 1. The van der Waals surface area contributed by atoms with Gasteiger partial charge >= 0.3 is 0 Å². The molecular weight excluding hydrogens is 336 g/mol. The van der Waals surface area contributed by atoms with Crippen LogP contribution < -0.4 is 4.74 Å². The highest BCUT2D eigenvalue weighted by Crippen LogP contribution is 2.43. The summed E-state index contributed by atoms with van der Waals surface area (Å²) >= 11 is 1.73. The monoisotopic (exact) mass is 354 g/mol. The van der Waals surface area contributed by atoms with Gasteiger partial charge in [-0.3, -0.25) is 0 Å². The first kappa shape index (κ1) is 16.5. The molecule has 0 radical (unpaired) electrons. The highest BCUT2D eigenvalue weighted by atomic mass is 32.2. The fourth-order valence-corrected chi connectivity index (χ4v) is 3.80. The Morgan fingerprint density at radius 3 is 1.85 bits per heavy atom. The smallest absolute Gasteiger partial charge is 0.141 e. The van der Waals surface area contributed by atoms with Gasteiger partial charge in [-0.05, 0) is 41.5 Å². The van der Waals surface area contributed by atoms with Crippen molar-refractivity contribution in [3.8, 4) is 22.6 Å². The molecule has 26 heavy (non-hydrogen) atoms. The van der Waals surface area contributed by atoms with E-state index in [0.29, 0.717) is 0 Å². The second-order valence-corrected chi connectivity index (χ2v) is 6.91. The van der Waals surface area contributed by atoms with Gasteiger partial charge in [0.2, 0.25) is 0 Å². The first-order valence-corrected chi connectivity index (χ1v) is 9.36. The maximum Gasteiger partial charge on any atom is 0.141 e. The van der Waals surface area contributed by atoms with Crippen molar-refractivity contribution in [3.05, 3.63) is 109 Å². The number of rotatable bonds is 5. The van der Waals surface area contributed by atoms with E-state index in [2.05, 4.69) is 60.7 Å². The second-order valence-electron chi connectivity index (χ2n) is 5.83. The molecule has 0 amide bonds. The van der Waals surface area contributed by atoms with Gasteiger partial charge in [0.05, 0.1) is 4.90 Å². The van der Waals surface area contributed by atoms with Gasteiger partial charge in [-0.2, -0.15) is 0 Å². The third-order valence-electron chi connectivity index (χ3n) is 4.00. The first-order chi connectivity index (χ1) is 12.9. The van der Waals surface area contributed by atoms with E-state index in [-0.39, 0.29) is 0 Å². The van der Waals surface area contributed by atoms with Crippen molar-refractivity contribution in [1.29, 1.82) is 0 Å². The minimum Gasteiger partial charge on any atom is -0.456 e. The minimum absolute atomic E-state index is 0.840. The summed E-state index contributed by atoms with van der Waals surface area (Å²) in [4.78, 5) is 2.31. The van der Waals surface area contributed by atoms with E-state index in [1.54, 1.807) is 11.8 Å². The molecule has 0 aliphatic rings.